The molecule has 5 rings (SSSR count). The van der Waals surface area contributed by atoms with E-state index in [1.165, 1.54) is 18.5 Å². The number of aryl methyl sites for hydroxylation is 1. The van der Waals surface area contributed by atoms with E-state index in [1.54, 1.807) is 26.8 Å². The summed E-state index contributed by atoms with van der Waals surface area (Å²) in [7, 11) is 0. The molecule has 184 valence electrons. The number of piperidine rings is 1. The minimum atomic E-state index is -4.48. The molecule has 2 fully saturated rings. The van der Waals surface area contributed by atoms with E-state index in [4.69, 9.17) is 0 Å². The van der Waals surface area contributed by atoms with E-state index >= 15 is 4.39 Å². The van der Waals surface area contributed by atoms with Crippen molar-refractivity contribution < 1.29 is 22.4 Å². The quantitative estimate of drug-likeness (QED) is 0.510. The molecule has 3 aromatic rings. The van der Waals surface area contributed by atoms with Crippen LogP contribution in [-0.2, 0) is 6.18 Å². The molecule has 1 aliphatic heterocycles. The van der Waals surface area contributed by atoms with E-state index in [9.17, 15) is 18.0 Å². The number of amides is 1. The Bertz CT molecular complexity index is 1190. The van der Waals surface area contributed by atoms with Gasteiger partial charge in [-0.1, -0.05) is 0 Å². The van der Waals surface area contributed by atoms with Crippen LogP contribution in [0, 0.1) is 6.92 Å². The molecule has 0 bridgehead atoms. The maximum absolute atomic E-state index is 15.4. The highest BCUT2D eigenvalue weighted by molar-refractivity contribution is 5.94. The van der Waals surface area contributed by atoms with Crippen molar-refractivity contribution in [3.8, 4) is 5.95 Å². The van der Waals surface area contributed by atoms with Gasteiger partial charge < -0.3 is 9.80 Å². The summed E-state index contributed by atoms with van der Waals surface area (Å²) in [5, 5.41) is 0. The number of hydrogen-bond donors (Lipinski definition) is 0. The molecule has 1 saturated heterocycles. The zero-order valence-corrected chi connectivity index (χ0v) is 18.9. The highest BCUT2D eigenvalue weighted by atomic mass is 19.4. The molecule has 12 heteroatoms. The molecule has 2 aliphatic rings. The number of imidazole rings is 1. The van der Waals surface area contributed by atoms with E-state index in [1.807, 2.05) is 6.92 Å². The van der Waals surface area contributed by atoms with Gasteiger partial charge in [-0.05, 0) is 38.3 Å². The standard InChI is InChI=1S/C23H23F4N7O/c1-14-28-7-9-33(14)22-30-10-15(11-31-22)21(35)34(17-3-4-17)19-6-8-32(13-18(19)24)20-5-2-16(12-29-20)23(25,26)27/h2,5,7,9-12,17-19H,3-4,6,8,13H2,1H3/t18?,19-/m1/s1. The predicted octanol–water partition coefficient (Wildman–Crippen LogP) is 3.61. The lowest BCUT2D eigenvalue weighted by molar-refractivity contribution is -0.137. The minimum absolute atomic E-state index is 0.0444. The summed E-state index contributed by atoms with van der Waals surface area (Å²) < 4.78 is 55.5. The Morgan fingerprint density at radius 1 is 1.06 bits per heavy atom. The van der Waals surface area contributed by atoms with Crippen LogP contribution in [0.4, 0.5) is 23.4 Å². The number of nitrogens with zero attached hydrogens (tertiary/aromatic N) is 7. The summed E-state index contributed by atoms with van der Waals surface area (Å²) in [6, 6.07) is 1.50. The van der Waals surface area contributed by atoms with Gasteiger partial charge in [-0.25, -0.2) is 24.3 Å². The fourth-order valence-electron chi connectivity index (χ4n) is 4.39. The van der Waals surface area contributed by atoms with Crippen molar-refractivity contribution in [1.29, 1.82) is 0 Å². The number of hydrogen-bond acceptors (Lipinski definition) is 6. The maximum atomic E-state index is 15.4. The lowest BCUT2D eigenvalue weighted by atomic mass is 10.00. The monoisotopic (exact) mass is 489 g/mol. The van der Waals surface area contributed by atoms with Crippen LogP contribution in [-0.4, -0.2) is 66.7 Å². The molecule has 0 spiro atoms. The van der Waals surface area contributed by atoms with Crippen molar-refractivity contribution >= 4 is 11.7 Å². The van der Waals surface area contributed by atoms with Gasteiger partial charge >= 0.3 is 6.18 Å². The second-order valence-electron chi connectivity index (χ2n) is 8.78. The number of halogens is 4. The lowest BCUT2D eigenvalue weighted by Gasteiger charge is -2.41. The highest BCUT2D eigenvalue weighted by Gasteiger charge is 2.43. The molecule has 3 aromatic heterocycles. The van der Waals surface area contributed by atoms with Crippen LogP contribution in [0.2, 0.25) is 0 Å². The van der Waals surface area contributed by atoms with Crippen LogP contribution >= 0.6 is 0 Å². The maximum Gasteiger partial charge on any atom is 0.417 e. The normalized spacial score (nSPS) is 20.7. The zero-order valence-electron chi connectivity index (χ0n) is 18.9. The molecule has 1 saturated carbocycles. The van der Waals surface area contributed by atoms with Crippen molar-refractivity contribution in [2.24, 2.45) is 0 Å². The van der Waals surface area contributed by atoms with E-state index in [0.717, 1.165) is 25.1 Å². The van der Waals surface area contributed by atoms with Crippen molar-refractivity contribution in [3.63, 3.8) is 0 Å². The summed E-state index contributed by atoms with van der Waals surface area (Å²) >= 11 is 0. The molecule has 0 radical (unpaired) electrons. The first-order chi connectivity index (χ1) is 16.7. The Morgan fingerprint density at radius 3 is 2.34 bits per heavy atom. The van der Waals surface area contributed by atoms with Crippen molar-refractivity contribution in [2.45, 2.75) is 50.6 Å². The Balaban J connectivity index is 1.29. The highest BCUT2D eigenvalue weighted by Crippen LogP contribution is 2.35. The first-order valence-corrected chi connectivity index (χ1v) is 11.3. The first-order valence-electron chi connectivity index (χ1n) is 11.3. The van der Waals surface area contributed by atoms with Gasteiger partial charge in [0.25, 0.3) is 5.91 Å². The minimum Gasteiger partial charge on any atom is -0.354 e. The summed E-state index contributed by atoms with van der Waals surface area (Å²) in [5.74, 6) is 1.05. The van der Waals surface area contributed by atoms with E-state index < -0.39 is 24.0 Å². The molecule has 1 unspecified atom stereocenters. The number of alkyl halides is 4. The molecule has 2 atom stereocenters. The molecular formula is C23H23F4N7O. The third-order valence-corrected chi connectivity index (χ3v) is 6.36. The van der Waals surface area contributed by atoms with Gasteiger partial charge in [-0.15, -0.1) is 0 Å². The average Bonchev–Trinajstić information content (AvgIpc) is 3.59. The predicted molar refractivity (Wildman–Crippen MR) is 118 cm³/mol. The third-order valence-electron chi connectivity index (χ3n) is 6.36. The van der Waals surface area contributed by atoms with Crippen molar-refractivity contribution in [2.75, 3.05) is 18.0 Å². The zero-order chi connectivity index (χ0) is 24.7. The second kappa shape index (κ2) is 8.90. The summed E-state index contributed by atoms with van der Waals surface area (Å²) in [6.45, 7) is 2.12. The van der Waals surface area contributed by atoms with Gasteiger partial charge in [0.2, 0.25) is 5.95 Å². The molecule has 35 heavy (non-hydrogen) atoms. The van der Waals surface area contributed by atoms with Crippen molar-refractivity contribution in [3.05, 3.63) is 60.1 Å². The average molecular weight is 489 g/mol. The van der Waals surface area contributed by atoms with Gasteiger partial charge in [0.15, 0.2) is 0 Å². The smallest absolute Gasteiger partial charge is 0.354 e. The lowest BCUT2D eigenvalue weighted by Crippen LogP contribution is -2.55. The Labute approximate surface area is 198 Å². The van der Waals surface area contributed by atoms with Gasteiger partial charge in [-0.2, -0.15) is 13.2 Å². The van der Waals surface area contributed by atoms with Crippen LogP contribution in [0.25, 0.3) is 5.95 Å². The summed E-state index contributed by atoms with van der Waals surface area (Å²) in [6.07, 6.45) is 3.04. The van der Waals surface area contributed by atoms with E-state index in [0.29, 0.717) is 24.7 Å². The van der Waals surface area contributed by atoms with Gasteiger partial charge in [0, 0.05) is 43.6 Å². The number of anilines is 1. The number of carbonyl (C=O) groups excluding carboxylic acids is 1. The van der Waals surface area contributed by atoms with Crippen LogP contribution in [0.3, 0.4) is 0 Å². The molecule has 0 aromatic carbocycles. The Morgan fingerprint density at radius 2 is 1.80 bits per heavy atom. The SMILES string of the molecule is Cc1nccn1-c1ncc(C(=O)N(C2CC2)[C@@H]2CCN(c3ccc(C(F)(F)F)cn3)CC2F)cn1. The number of carbonyl (C=O) groups is 1. The fourth-order valence-corrected chi connectivity index (χ4v) is 4.39. The Hall–Kier alpha value is -3.57. The Kier molecular flexibility index (Phi) is 5.89. The van der Waals surface area contributed by atoms with Crippen LogP contribution < -0.4 is 4.90 Å². The molecule has 8 nitrogen and oxygen atoms in total. The molecule has 4 heterocycles. The number of rotatable bonds is 5. The van der Waals surface area contributed by atoms with Gasteiger partial charge in [0.1, 0.15) is 17.8 Å². The topological polar surface area (TPSA) is 80.0 Å². The molecule has 0 N–H and O–H groups in total. The first kappa shape index (κ1) is 23.2. The number of aromatic nitrogens is 5. The van der Waals surface area contributed by atoms with Crippen molar-refractivity contribution in [1.82, 2.24) is 29.4 Å². The second-order valence-corrected chi connectivity index (χ2v) is 8.78. The molecular weight excluding hydrogens is 466 g/mol. The van der Waals surface area contributed by atoms with Gasteiger partial charge in [-0.3, -0.25) is 9.36 Å². The van der Waals surface area contributed by atoms with Gasteiger partial charge in [0.05, 0.1) is 23.7 Å². The third kappa shape index (κ3) is 4.69. The van der Waals surface area contributed by atoms with E-state index in [2.05, 4.69) is 19.9 Å². The number of pyridine rings is 1. The summed E-state index contributed by atoms with van der Waals surface area (Å²) in [5.41, 5.74) is -0.577. The molecule has 1 amide bonds. The van der Waals surface area contributed by atoms with Crippen LogP contribution in [0.5, 0.6) is 0 Å². The van der Waals surface area contributed by atoms with Crippen LogP contribution in [0.1, 0.15) is 41.0 Å². The van der Waals surface area contributed by atoms with E-state index in [-0.39, 0.29) is 29.9 Å². The summed E-state index contributed by atoms with van der Waals surface area (Å²) in [4.78, 5) is 33.1. The fraction of sp³-hybridized carbons (Fsp3) is 0.435. The van der Waals surface area contributed by atoms with Crippen LogP contribution in [0.15, 0.2) is 43.1 Å². The largest absolute Gasteiger partial charge is 0.417 e. The molecule has 1 aliphatic carbocycles.